The molecular formula is C13H18N2O2S. The van der Waals surface area contributed by atoms with E-state index in [-0.39, 0.29) is 0 Å². The van der Waals surface area contributed by atoms with E-state index in [2.05, 4.69) is 17.2 Å². The number of hydrogen-bond donors (Lipinski definition) is 2. The summed E-state index contributed by atoms with van der Waals surface area (Å²) in [6, 6.07) is 3.76. The van der Waals surface area contributed by atoms with E-state index in [1.165, 1.54) is 0 Å². The van der Waals surface area contributed by atoms with Crippen LogP contribution in [-0.4, -0.2) is 25.9 Å². The first-order chi connectivity index (χ1) is 8.62. The number of anilines is 1. The summed E-state index contributed by atoms with van der Waals surface area (Å²) in [5.74, 6) is 1.36. The maximum atomic E-state index is 5.25. The minimum atomic E-state index is 0.546. The van der Waals surface area contributed by atoms with Gasteiger partial charge in [-0.2, -0.15) is 0 Å². The first-order valence-electron chi connectivity index (χ1n) is 5.50. The predicted octanol–water partition coefficient (Wildman–Crippen LogP) is 2.48. The van der Waals surface area contributed by atoms with Gasteiger partial charge in [-0.25, -0.2) is 0 Å². The molecule has 0 amide bonds. The third-order valence-corrected chi connectivity index (χ3v) is 2.63. The van der Waals surface area contributed by atoms with E-state index in [0.717, 1.165) is 11.3 Å². The van der Waals surface area contributed by atoms with Crippen LogP contribution in [0.4, 0.5) is 5.69 Å². The number of methoxy groups -OCH3 is 2. The smallest absolute Gasteiger partial charge is 0.171 e. The van der Waals surface area contributed by atoms with Crippen LogP contribution >= 0.6 is 12.2 Å². The normalized spacial score (nSPS) is 9.50. The van der Waals surface area contributed by atoms with Crippen LogP contribution in [0.5, 0.6) is 11.5 Å². The Bertz CT molecular complexity index is 447. The van der Waals surface area contributed by atoms with E-state index in [1.807, 2.05) is 19.1 Å². The van der Waals surface area contributed by atoms with Crippen molar-refractivity contribution in [3.63, 3.8) is 0 Å². The molecule has 2 N–H and O–H groups in total. The average Bonchev–Trinajstić information content (AvgIpc) is 2.38. The molecule has 0 fully saturated rings. The second-order valence-electron chi connectivity index (χ2n) is 3.65. The average molecular weight is 266 g/mol. The van der Waals surface area contributed by atoms with Gasteiger partial charge in [0.1, 0.15) is 0 Å². The van der Waals surface area contributed by atoms with Gasteiger partial charge in [-0.1, -0.05) is 6.08 Å². The van der Waals surface area contributed by atoms with Crippen molar-refractivity contribution in [1.82, 2.24) is 5.32 Å². The summed E-state index contributed by atoms with van der Waals surface area (Å²) in [7, 11) is 3.21. The zero-order valence-corrected chi connectivity index (χ0v) is 11.7. The van der Waals surface area contributed by atoms with E-state index in [4.69, 9.17) is 21.7 Å². The Hall–Kier alpha value is -1.75. The Morgan fingerprint density at radius 3 is 2.50 bits per heavy atom. The molecule has 1 aromatic carbocycles. The molecule has 1 aromatic rings. The summed E-state index contributed by atoms with van der Waals surface area (Å²) in [5, 5.41) is 6.66. The number of hydrogen-bond acceptors (Lipinski definition) is 3. The van der Waals surface area contributed by atoms with E-state index >= 15 is 0 Å². The summed E-state index contributed by atoms with van der Waals surface area (Å²) in [5.41, 5.74) is 1.91. The second kappa shape index (κ2) is 6.86. The molecule has 4 nitrogen and oxygen atoms in total. The summed E-state index contributed by atoms with van der Waals surface area (Å²) >= 11 is 5.16. The maximum absolute atomic E-state index is 5.25. The van der Waals surface area contributed by atoms with Gasteiger partial charge in [0, 0.05) is 18.3 Å². The van der Waals surface area contributed by atoms with E-state index < -0.39 is 0 Å². The summed E-state index contributed by atoms with van der Waals surface area (Å²) in [6.07, 6.45) is 1.75. The third kappa shape index (κ3) is 3.63. The Labute approximate surface area is 113 Å². The fourth-order valence-electron chi connectivity index (χ4n) is 1.45. The number of benzene rings is 1. The zero-order chi connectivity index (χ0) is 13.5. The molecule has 0 aliphatic carbocycles. The van der Waals surface area contributed by atoms with Crippen LogP contribution in [-0.2, 0) is 0 Å². The number of nitrogens with one attached hydrogen (secondary N) is 2. The van der Waals surface area contributed by atoms with Crippen molar-refractivity contribution >= 4 is 23.0 Å². The van der Waals surface area contributed by atoms with Crippen molar-refractivity contribution in [3.05, 3.63) is 30.4 Å². The molecule has 0 aromatic heterocycles. The lowest BCUT2D eigenvalue weighted by atomic mass is 10.1. The van der Waals surface area contributed by atoms with Gasteiger partial charge in [0.15, 0.2) is 16.6 Å². The number of aryl methyl sites for hydroxylation is 1. The fraction of sp³-hybridized carbons (Fsp3) is 0.308. The zero-order valence-electron chi connectivity index (χ0n) is 10.9. The van der Waals surface area contributed by atoms with Crippen LogP contribution in [0.25, 0.3) is 0 Å². The molecule has 0 spiro atoms. The minimum absolute atomic E-state index is 0.546. The van der Waals surface area contributed by atoms with Crippen molar-refractivity contribution in [2.75, 3.05) is 26.1 Å². The molecule has 0 unspecified atom stereocenters. The molecule has 0 heterocycles. The molecule has 0 atom stereocenters. The first-order valence-corrected chi connectivity index (χ1v) is 5.91. The van der Waals surface area contributed by atoms with Crippen molar-refractivity contribution in [2.24, 2.45) is 0 Å². The Morgan fingerprint density at radius 2 is 1.94 bits per heavy atom. The minimum Gasteiger partial charge on any atom is -0.493 e. The lowest BCUT2D eigenvalue weighted by molar-refractivity contribution is 0.355. The van der Waals surface area contributed by atoms with Crippen molar-refractivity contribution in [1.29, 1.82) is 0 Å². The van der Waals surface area contributed by atoms with Gasteiger partial charge in [-0.15, -0.1) is 6.58 Å². The molecule has 18 heavy (non-hydrogen) atoms. The van der Waals surface area contributed by atoms with Crippen LogP contribution < -0.4 is 20.1 Å². The molecule has 1 rings (SSSR count). The second-order valence-corrected chi connectivity index (χ2v) is 4.05. The van der Waals surface area contributed by atoms with Gasteiger partial charge >= 0.3 is 0 Å². The highest BCUT2D eigenvalue weighted by Gasteiger charge is 2.09. The quantitative estimate of drug-likeness (QED) is 0.633. The van der Waals surface area contributed by atoms with Crippen LogP contribution in [0.3, 0.4) is 0 Å². The Kier molecular flexibility index (Phi) is 5.45. The van der Waals surface area contributed by atoms with Gasteiger partial charge in [-0.3, -0.25) is 0 Å². The molecule has 98 valence electrons. The molecule has 0 radical (unpaired) electrons. The largest absolute Gasteiger partial charge is 0.493 e. The highest BCUT2D eigenvalue weighted by atomic mass is 32.1. The van der Waals surface area contributed by atoms with Gasteiger partial charge in [0.25, 0.3) is 0 Å². The summed E-state index contributed by atoms with van der Waals surface area (Å²) in [4.78, 5) is 0. The number of thiocarbonyl (C=S) groups is 1. The van der Waals surface area contributed by atoms with Crippen LogP contribution in [0.1, 0.15) is 5.56 Å². The molecule has 0 saturated carbocycles. The number of rotatable bonds is 5. The molecule has 0 aliphatic heterocycles. The molecule has 0 aliphatic rings. The standard InChI is InChI=1S/C13H18N2O2S/c1-5-6-14-13(18)15-10-8-12(17-4)11(16-3)7-9(10)2/h5,7-8H,1,6H2,2-4H3,(H2,14,15,18). The topological polar surface area (TPSA) is 42.5 Å². The van der Waals surface area contributed by atoms with Crippen LogP contribution in [0.15, 0.2) is 24.8 Å². The highest BCUT2D eigenvalue weighted by Crippen LogP contribution is 2.32. The van der Waals surface area contributed by atoms with Gasteiger partial charge in [-0.05, 0) is 30.8 Å². The third-order valence-electron chi connectivity index (χ3n) is 2.39. The summed E-state index contributed by atoms with van der Waals surface area (Å²) < 4.78 is 10.5. The fourth-order valence-corrected chi connectivity index (χ4v) is 1.64. The van der Waals surface area contributed by atoms with E-state index in [1.54, 1.807) is 20.3 Å². The molecule has 5 heteroatoms. The number of ether oxygens (including phenoxy) is 2. The Balaban J connectivity index is 2.88. The van der Waals surface area contributed by atoms with Crippen molar-refractivity contribution < 1.29 is 9.47 Å². The van der Waals surface area contributed by atoms with E-state index in [0.29, 0.717) is 23.2 Å². The maximum Gasteiger partial charge on any atom is 0.171 e. The van der Waals surface area contributed by atoms with Gasteiger partial charge in [0.2, 0.25) is 0 Å². The Morgan fingerprint density at radius 1 is 1.33 bits per heavy atom. The lowest BCUT2D eigenvalue weighted by Gasteiger charge is -2.15. The lowest BCUT2D eigenvalue weighted by Crippen LogP contribution is -2.28. The predicted molar refractivity (Wildman–Crippen MR) is 78.7 cm³/mol. The van der Waals surface area contributed by atoms with Gasteiger partial charge in [0.05, 0.1) is 14.2 Å². The summed E-state index contributed by atoms with van der Waals surface area (Å²) in [6.45, 7) is 6.22. The molecular weight excluding hydrogens is 248 g/mol. The van der Waals surface area contributed by atoms with Crippen LogP contribution in [0, 0.1) is 6.92 Å². The molecule has 0 bridgehead atoms. The molecule has 0 saturated heterocycles. The van der Waals surface area contributed by atoms with Crippen LogP contribution in [0.2, 0.25) is 0 Å². The first kappa shape index (κ1) is 14.3. The monoisotopic (exact) mass is 266 g/mol. The van der Waals surface area contributed by atoms with Crippen molar-refractivity contribution in [2.45, 2.75) is 6.92 Å². The SMILES string of the molecule is C=CCNC(=S)Nc1cc(OC)c(OC)cc1C. The van der Waals surface area contributed by atoms with Crippen molar-refractivity contribution in [3.8, 4) is 11.5 Å². The highest BCUT2D eigenvalue weighted by molar-refractivity contribution is 7.80. The van der Waals surface area contributed by atoms with Gasteiger partial charge < -0.3 is 20.1 Å². The van der Waals surface area contributed by atoms with E-state index in [9.17, 15) is 0 Å².